The molecule has 104 valence electrons. The van der Waals surface area contributed by atoms with E-state index >= 15 is 0 Å². The molecule has 2 aromatic carbocycles. The normalized spacial score (nSPS) is 22.3. The molecule has 0 aromatic heterocycles. The maximum absolute atomic E-state index is 6.60. The zero-order valence-corrected chi connectivity index (χ0v) is 12.4. The van der Waals surface area contributed by atoms with Crippen molar-refractivity contribution in [3.63, 3.8) is 0 Å². The lowest BCUT2D eigenvalue weighted by atomic mass is 10.0. The van der Waals surface area contributed by atoms with Gasteiger partial charge in [-0.05, 0) is 47.9 Å². The average Bonchev–Trinajstić information content (AvgIpc) is 3.29. The van der Waals surface area contributed by atoms with Gasteiger partial charge in [0.15, 0.2) is 0 Å². The summed E-state index contributed by atoms with van der Waals surface area (Å²) in [5.74, 6) is 2.16. The van der Waals surface area contributed by atoms with E-state index in [1.165, 1.54) is 17.5 Å². The lowest BCUT2D eigenvalue weighted by Crippen LogP contribution is -2.07. The molecule has 1 saturated carbocycles. The number of ether oxygens (including phenoxy) is 1. The molecule has 0 bridgehead atoms. The van der Waals surface area contributed by atoms with Crippen molar-refractivity contribution in [3.05, 3.63) is 65.7 Å². The second-order valence-electron chi connectivity index (χ2n) is 5.48. The van der Waals surface area contributed by atoms with Gasteiger partial charge < -0.3 is 4.74 Å². The maximum atomic E-state index is 6.60. The van der Waals surface area contributed by atoms with E-state index in [2.05, 4.69) is 42.5 Å². The lowest BCUT2D eigenvalue weighted by molar-refractivity contribution is 0.414. The van der Waals surface area contributed by atoms with Crippen LogP contribution in [0.4, 0.5) is 0 Å². The largest absolute Gasteiger partial charge is 0.497 e. The summed E-state index contributed by atoms with van der Waals surface area (Å²) in [6, 6.07) is 18.9. The van der Waals surface area contributed by atoms with Crippen molar-refractivity contribution in [3.8, 4) is 5.75 Å². The summed E-state index contributed by atoms with van der Waals surface area (Å²) in [7, 11) is 1.69. The van der Waals surface area contributed by atoms with Gasteiger partial charge in [-0.3, -0.25) is 0 Å². The Morgan fingerprint density at radius 2 is 1.80 bits per heavy atom. The molecule has 1 nitrogen and oxygen atoms in total. The fourth-order valence-corrected chi connectivity index (χ4v) is 3.29. The number of hydrogen-bond donors (Lipinski definition) is 0. The van der Waals surface area contributed by atoms with Gasteiger partial charge in [0.25, 0.3) is 0 Å². The maximum Gasteiger partial charge on any atom is 0.118 e. The van der Waals surface area contributed by atoms with Crippen LogP contribution in [0.15, 0.2) is 54.6 Å². The quantitative estimate of drug-likeness (QED) is 0.727. The molecular formula is C18H19ClO. The topological polar surface area (TPSA) is 9.23 Å². The highest BCUT2D eigenvalue weighted by atomic mass is 35.5. The molecule has 0 saturated heterocycles. The van der Waals surface area contributed by atoms with Crippen molar-refractivity contribution in [2.75, 3.05) is 7.11 Å². The van der Waals surface area contributed by atoms with E-state index in [1.54, 1.807) is 7.11 Å². The summed E-state index contributed by atoms with van der Waals surface area (Å²) in [5.41, 5.74) is 2.71. The molecule has 3 unspecified atom stereocenters. The second kappa shape index (κ2) is 5.88. The standard InChI is InChI=1S/C18H19ClO/c1-20-15-9-7-13(8-10-15)11-18(19)17-12-16(17)14-5-3-2-4-6-14/h2-10,16-18H,11-12H2,1H3. The van der Waals surface area contributed by atoms with Crippen LogP contribution in [0.25, 0.3) is 0 Å². The summed E-state index contributed by atoms with van der Waals surface area (Å²) in [5, 5.41) is 0.216. The molecule has 1 aliphatic carbocycles. The van der Waals surface area contributed by atoms with Crippen molar-refractivity contribution >= 4 is 11.6 Å². The fourth-order valence-electron chi connectivity index (χ4n) is 2.84. The first-order valence-corrected chi connectivity index (χ1v) is 7.53. The third kappa shape index (κ3) is 2.99. The summed E-state index contributed by atoms with van der Waals surface area (Å²) in [4.78, 5) is 0. The number of hydrogen-bond acceptors (Lipinski definition) is 1. The van der Waals surface area contributed by atoms with E-state index < -0.39 is 0 Å². The van der Waals surface area contributed by atoms with Crippen molar-refractivity contribution in [1.82, 2.24) is 0 Å². The summed E-state index contributed by atoms with van der Waals surface area (Å²) >= 11 is 6.60. The fraction of sp³-hybridized carbons (Fsp3) is 0.333. The Hall–Kier alpha value is -1.47. The predicted molar refractivity (Wildman–Crippen MR) is 83.6 cm³/mol. The molecule has 1 fully saturated rings. The Labute approximate surface area is 125 Å². The third-order valence-electron chi connectivity index (χ3n) is 4.12. The van der Waals surface area contributed by atoms with Crippen molar-refractivity contribution in [2.45, 2.75) is 24.1 Å². The van der Waals surface area contributed by atoms with Gasteiger partial charge in [-0.1, -0.05) is 42.5 Å². The van der Waals surface area contributed by atoms with E-state index in [0.717, 1.165) is 12.2 Å². The third-order valence-corrected chi connectivity index (χ3v) is 4.60. The van der Waals surface area contributed by atoms with Gasteiger partial charge in [0.1, 0.15) is 5.75 Å². The molecule has 0 N–H and O–H groups in total. The van der Waals surface area contributed by atoms with Gasteiger partial charge in [-0.2, -0.15) is 0 Å². The van der Waals surface area contributed by atoms with Crippen LogP contribution < -0.4 is 4.74 Å². The minimum Gasteiger partial charge on any atom is -0.497 e. The minimum atomic E-state index is 0.216. The van der Waals surface area contributed by atoms with Crippen LogP contribution in [0.5, 0.6) is 5.75 Å². The zero-order valence-electron chi connectivity index (χ0n) is 11.6. The van der Waals surface area contributed by atoms with Crippen LogP contribution in [0, 0.1) is 5.92 Å². The van der Waals surface area contributed by atoms with Gasteiger partial charge in [0.05, 0.1) is 7.11 Å². The van der Waals surface area contributed by atoms with Gasteiger partial charge in [-0.25, -0.2) is 0 Å². The molecular weight excluding hydrogens is 268 g/mol. The monoisotopic (exact) mass is 286 g/mol. The van der Waals surface area contributed by atoms with Gasteiger partial charge in [0.2, 0.25) is 0 Å². The number of methoxy groups -OCH3 is 1. The van der Waals surface area contributed by atoms with Gasteiger partial charge in [-0.15, -0.1) is 11.6 Å². The molecule has 0 heterocycles. The summed E-state index contributed by atoms with van der Waals surface area (Å²) in [6.07, 6.45) is 2.15. The van der Waals surface area contributed by atoms with Crippen LogP contribution >= 0.6 is 11.6 Å². The van der Waals surface area contributed by atoms with Crippen molar-refractivity contribution in [1.29, 1.82) is 0 Å². The van der Waals surface area contributed by atoms with Crippen LogP contribution in [0.3, 0.4) is 0 Å². The summed E-state index contributed by atoms with van der Waals surface area (Å²) in [6.45, 7) is 0. The molecule has 0 radical (unpaired) electrons. The first-order valence-electron chi connectivity index (χ1n) is 7.10. The highest BCUT2D eigenvalue weighted by Crippen LogP contribution is 2.51. The van der Waals surface area contributed by atoms with Crippen LogP contribution in [0.1, 0.15) is 23.5 Å². The number of alkyl halides is 1. The Balaban J connectivity index is 1.59. The Bertz CT molecular complexity index is 549. The first-order chi connectivity index (χ1) is 9.78. The van der Waals surface area contributed by atoms with Crippen LogP contribution in [-0.4, -0.2) is 12.5 Å². The van der Waals surface area contributed by atoms with E-state index in [0.29, 0.717) is 11.8 Å². The Morgan fingerprint density at radius 3 is 2.45 bits per heavy atom. The zero-order chi connectivity index (χ0) is 13.9. The van der Waals surface area contributed by atoms with Gasteiger partial charge in [0, 0.05) is 5.38 Å². The van der Waals surface area contributed by atoms with E-state index in [4.69, 9.17) is 16.3 Å². The average molecular weight is 287 g/mol. The molecule has 3 rings (SSSR count). The van der Waals surface area contributed by atoms with E-state index in [-0.39, 0.29) is 5.38 Å². The highest BCUT2D eigenvalue weighted by Gasteiger charge is 2.42. The van der Waals surface area contributed by atoms with E-state index in [1.807, 2.05) is 12.1 Å². The Morgan fingerprint density at radius 1 is 1.10 bits per heavy atom. The Kier molecular flexibility index (Phi) is 3.98. The molecule has 0 amide bonds. The molecule has 3 atom stereocenters. The van der Waals surface area contributed by atoms with E-state index in [9.17, 15) is 0 Å². The first kappa shape index (κ1) is 13.5. The molecule has 20 heavy (non-hydrogen) atoms. The molecule has 1 aliphatic rings. The second-order valence-corrected chi connectivity index (χ2v) is 6.05. The molecule has 0 spiro atoms. The summed E-state index contributed by atoms with van der Waals surface area (Å²) < 4.78 is 5.18. The number of rotatable bonds is 5. The highest BCUT2D eigenvalue weighted by molar-refractivity contribution is 6.21. The predicted octanol–water partition coefficient (Wildman–Crippen LogP) is 4.65. The van der Waals surface area contributed by atoms with Crippen LogP contribution in [-0.2, 0) is 6.42 Å². The van der Waals surface area contributed by atoms with Crippen molar-refractivity contribution in [2.24, 2.45) is 5.92 Å². The number of benzene rings is 2. The van der Waals surface area contributed by atoms with Gasteiger partial charge >= 0.3 is 0 Å². The van der Waals surface area contributed by atoms with Crippen molar-refractivity contribution < 1.29 is 4.74 Å². The lowest BCUT2D eigenvalue weighted by Gasteiger charge is -2.10. The minimum absolute atomic E-state index is 0.216. The molecule has 0 aliphatic heterocycles. The number of halogens is 1. The SMILES string of the molecule is COc1ccc(CC(Cl)C2CC2c2ccccc2)cc1. The molecule has 2 heteroatoms. The van der Waals surface area contributed by atoms with Crippen LogP contribution in [0.2, 0.25) is 0 Å². The smallest absolute Gasteiger partial charge is 0.118 e. The molecule has 2 aromatic rings.